The number of rotatable bonds is 3. The second kappa shape index (κ2) is 6.16. The van der Waals surface area contributed by atoms with E-state index in [1.54, 1.807) is 18.5 Å². The molecule has 2 amide bonds. The average molecular weight is 313 g/mol. The standard InChI is InChI=1S/C17H16FN3O2/c1-10(11-4-6-19-7-5-11)20-17(23)14-9-16(22)21-15-8-12(18)2-3-13(14)15/h2-8,10,14H,9H2,1H3,(H,20,23)(H,21,22). The van der Waals surface area contributed by atoms with Crippen molar-refractivity contribution in [1.29, 1.82) is 0 Å². The van der Waals surface area contributed by atoms with E-state index in [4.69, 9.17) is 0 Å². The number of halogens is 1. The molecule has 1 aromatic heterocycles. The number of fused-ring (bicyclic) bond motifs is 1. The third-order valence-corrected chi connectivity index (χ3v) is 3.94. The van der Waals surface area contributed by atoms with Gasteiger partial charge in [-0.3, -0.25) is 14.6 Å². The van der Waals surface area contributed by atoms with Gasteiger partial charge in [-0.1, -0.05) is 6.07 Å². The van der Waals surface area contributed by atoms with Crippen LogP contribution in [0.25, 0.3) is 0 Å². The van der Waals surface area contributed by atoms with Crippen LogP contribution in [0.1, 0.15) is 36.4 Å². The summed E-state index contributed by atoms with van der Waals surface area (Å²) < 4.78 is 13.3. The van der Waals surface area contributed by atoms with Gasteiger partial charge in [0.15, 0.2) is 0 Å². The van der Waals surface area contributed by atoms with E-state index < -0.39 is 11.7 Å². The van der Waals surface area contributed by atoms with Crippen molar-refractivity contribution >= 4 is 17.5 Å². The molecule has 1 aromatic carbocycles. The van der Waals surface area contributed by atoms with E-state index in [0.29, 0.717) is 11.3 Å². The second-order valence-corrected chi connectivity index (χ2v) is 5.55. The van der Waals surface area contributed by atoms with Crippen molar-refractivity contribution < 1.29 is 14.0 Å². The number of nitrogens with one attached hydrogen (secondary N) is 2. The minimum atomic E-state index is -0.622. The first kappa shape index (κ1) is 15.1. The van der Waals surface area contributed by atoms with E-state index >= 15 is 0 Å². The van der Waals surface area contributed by atoms with Crippen LogP contribution in [0.5, 0.6) is 0 Å². The Morgan fingerprint density at radius 2 is 2.09 bits per heavy atom. The number of pyridine rings is 1. The lowest BCUT2D eigenvalue weighted by Crippen LogP contribution is -2.36. The molecule has 2 aromatic rings. The lowest BCUT2D eigenvalue weighted by Gasteiger charge is -2.26. The van der Waals surface area contributed by atoms with Gasteiger partial charge in [0.1, 0.15) is 5.82 Å². The minimum Gasteiger partial charge on any atom is -0.349 e. The summed E-state index contributed by atoms with van der Waals surface area (Å²) in [6.45, 7) is 1.86. The molecular weight excluding hydrogens is 297 g/mol. The molecular formula is C17H16FN3O2. The quantitative estimate of drug-likeness (QED) is 0.914. The zero-order chi connectivity index (χ0) is 16.4. The number of carbonyl (C=O) groups excluding carboxylic acids is 2. The van der Waals surface area contributed by atoms with Gasteiger partial charge in [0.05, 0.1) is 12.0 Å². The molecule has 2 atom stereocenters. The molecule has 5 nitrogen and oxygen atoms in total. The Morgan fingerprint density at radius 3 is 2.83 bits per heavy atom. The van der Waals surface area contributed by atoms with Crippen LogP contribution in [0, 0.1) is 5.82 Å². The first-order valence-electron chi connectivity index (χ1n) is 7.34. The number of nitrogens with zero attached hydrogens (tertiary/aromatic N) is 1. The maximum Gasteiger partial charge on any atom is 0.228 e. The number of aromatic nitrogens is 1. The zero-order valence-corrected chi connectivity index (χ0v) is 12.5. The summed E-state index contributed by atoms with van der Waals surface area (Å²) in [4.78, 5) is 28.3. The SMILES string of the molecule is CC(NC(=O)C1CC(=O)Nc2cc(F)ccc21)c1ccncc1. The molecule has 2 unspecified atom stereocenters. The highest BCUT2D eigenvalue weighted by molar-refractivity contribution is 6.01. The van der Waals surface area contributed by atoms with Crippen LogP contribution in [-0.2, 0) is 9.59 Å². The van der Waals surface area contributed by atoms with Crippen molar-refractivity contribution in [2.24, 2.45) is 0 Å². The highest BCUT2D eigenvalue weighted by Crippen LogP contribution is 2.33. The lowest BCUT2D eigenvalue weighted by molar-refractivity contribution is -0.126. The van der Waals surface area contributed by atoms with Crippen LogP contribution >= 0.6 is 0 Å². The molecule has 0 radical (unpaired) electrons. The Labute approximate surface area is 132 Å². The third kappa shape index (κ3) is 3.21. The van der Waals surface area contributed by atoms with Crippen LogP contribution in [0.3, 0.4) is 0 Å². The molecule has 2 N–H and O–H groups in total. The van der Waals surface area contributed by atoms with Crippen molar-refractivity contribution in [1.82, 2.24) is 10.3 Å². The first-order chi connectivity index (χ1) is 11.0. The van der Waals surface area contributed by atoms with Crippen LogP contribution in [0.2, 0.25) is 0 Å². The fourth-order valence-corrected chi connectivity index (χ4v) is 2.72. The number of anilines is 1. The summed E-state index contributed by atoms with van der Waals surface area (Å²) in [5.41, 5.74) is 1.91. The molecule has 0 saturated carbocycles. The van der Waals surface area contributed by atoms with Crippen molar-refractivity contribution in [2.75, 3.05) is 5.32 Å². The van der Waals surface area contributed by atoms with Crippen molar-refractivity contribution in [3.63, 3.8) is 0 Å². The third-order valence-electron chi connectivity index (χ3n) is 3.94. The highest BCUT2D eigenvalue weighted by Gasteiger charge is 2.31. The second-order valence-electron chi connectivity index (χ2n) is 5.55. The Balaban J connectivity index is 1.81. The minimum absolute atomic E-state index is 0.0491. The summed E-state index contributed by atoms with van der Waals surface area (Å²) in [5.74, 6) is -1.62. The number of benzene rings is 1. The smallest absolute Gasteiger partial charge is 0.228 e. The van der Waals surface area contributed by atoms with E-state index in [2.05, 4.69) is 15.6 Å². The van der Waals surface area contributed by atoms with E-state index in [1.807, 2.05) is 19.1 Å². The maximum absolute atomic E-state index is 13.3. The van der Waals surface area contributed by atoms with Gasteiger partial charge in [-0.2, -0.15) is 0 Å². The van der Waals surface area contributed by atoms with Gasteiger partial charge >= 0.3 is 0 Å². The summed E-state index contributed by atoms with van der Waals surface area (Å²) in [6, 6.07) is 7.51. The van der Waals surface area contributed by atoms with E-state index in [1.165, 1.54) is 12.1 Å². The fourth-order valence-electron chi connectivity index (χ4n) is 2.72. The van der Waals surface area contributed by atoms with Gasteiger partial charge in [0.2, 0.25) is 11.8 Å². The zero-order valence-electron chi connectivity index (χ0n) is 12.5. The molecule has 2 heterocycles. The van der Waals surface area contributed by atoms with Crippen LogP contribution in [0.15, 0.2) is 42.7 Å². The van der Waals surface area contributed by atoms with Crippen LogP contribution < -0.4 is 10.6 Å². The monoisotopic (exact) mass is 313 g/mol. The predicted octanol–water partition coefficient (Wildman–Crippen LogP) is 2.52. The molecule has 0 bridgehead atoms. The normalized spacial score (nSPS) is 17.8. The summed E-state index contributed by atoms with van der Waals surface area (Å²) in [7, 11) is 0. The molecule has 23 heavy (non-hydrogen) atoms. The number of carbonyl (C=O) groups is 2. The molecule has 0 saturated heterocycles. The van der Waals surface area contributed by atoms with Gasteiger partial charge in [0, 0.05) is 24.5 Å². The average Bonchev–Trinajstić information content (AvgIpc) is 2.54. The van der Waals surface area contributed by atoms with E-state index in [-0.39, 0.29) is 24.3 Å². The van der Waals surface area contributed by atoms with E-state index in [0.717, 1.165) is 5.56 Å². The Hall–Kier alpha value is -2.76. The van der Waals surface area contributed by atoms with Gasteiger partial charge in [-0.25, -0.2) is 4.39 Å². The first-order valence-corrected chi connectivity index (χ1v) is 7.34. The molecule has 1 aliphatic heterocycles. The van der Waals surface area contributed by atoms with Crippen molar-refractivity contribution in [2.45, 2.75) is 25.3 Å². The van der Waals surface area contributed by atoms with Crippen molar-refractivity contribution in [3.8, 4) is 0 Å². The van der Waals surface area contributed by atoms with E-state index in [9.17, 15) is 14.0 Å². The Kier molecular flexibility index (Phi) is 4.06. The van der Waals surface area contributed by atoms with Gasteiger partial charge in [-0.15, -0.1) is 0 Å². The summed E-state index contributed by atoms with van der Waals surface area (Å²) in [6.07, 6.45) is 3.36. The van der Waals surface area contributed by atoms with Crippen LogP contribution in [-0.4, -0.2) is 16.8 Å². The Morgan fingerprint density at radius 1 is 1.35 bits per heavy atom. The molecule has 0 fully saturated rings. The number of hydrogen-bond donors (Lipinski definition) is 2. The molecule has 6 heteroatoms. The van der Waals surface area contributed by atoms with Gasteiger partial charge < -0.3 is 10.6 Å². The summed E-state index contributed by atoms with van der Waals surface area (Å²) in [5, 5.41) is 5.50. The fraction of sp³-hybridized carbons (Fsp3) is 0.235. The highest BCUT2D eigenvalue weighted by atomic mass is 19.1. The molecule has 0 aliphatic carbocycles. The molecule has 118 valence electrons. The largest absolute Gasteiger partial charge is 0.349 e. The van der Waals surface area contributed by atoms with Gasteiger partial charge in [0.25, 0.3) is 0 Å². The molecule has 0 spiro atoms. The van der Waals surface area contributed by atoms with Gasteiger partial charge in [-0.05, 0) is 42.3 Å². The maximum atomic E-state index is 13.3. The van der Waals surface area contributed by atoms with Crippen LogP contribution in [0.4, 0.5) is 10.1 Å². The predicted molar refractivity (Wildman–Crippen MR) is 83.2 cm³/mol. The Bertz CT molecular complexity index is 749. The lowest BCUT2D eigenvalue weighted by atomic mass is 9.89. The molecule has 1 aliphatic rings. The number of amides is 2. The summed E-state index contributed by atoms with van der Waals surface area (Å²) >= 11 is 0. The number of hydrogen-bond acceptors (Lipinski definition) is 3. The topological polar surface area (TPSA) is 71.1 Å². The molecule has 3 rings (SSSR count). The van der Waals surface area contributed by atoms with Crippen molar-refractivity contribution in [3.05, 3.63) is 59.7 Å².